The second-order valence-corrected chi connectivity index (χ2v) is 9.39. The Morgan fingerprint density at radius 2 is 1.89 bits per heavy atom. The predicted octanol–water partition coefficient (Wildman–Crippen LogP) is 3.10. The van der Waals surface area contributed by atoms with Crippen molar-refractivity contribution in [3.63, 3.8) is 0 Å². The van der Waals surface area contributed by atoms with Crippen LogP contribution in [0.4, 0.5) is 0 Å². The number of nitrogens with zero attached hydrogens (tertiary/aromatic N) is 5. The predicted molar refractivity (Wildman–Crippen MR) is 106 cm³/mol. The molecule has 1 aliphatic heterocycles. The molecule has 7 nitrogen and oxygen atoms in total. The summed E-state index contributed by atoms with van der Waals surface area (Å²) in [6.45, 7) is 9.80. The molecule has 0 unspecified atom stereocenters. The smallest absolute Gasteiger partial charge is 0.266 e. The average Bonchev–Trinajstić information content (AvgIpc) is 3.04. The van der Waals surface area contributed by atoms with Crippen LogP contribution in [-0.4, -0.2) is 37.9 Å². The van der Waals surface area contributed by atoms with Gasteiger partial charge >= 0.3 is 0 Å². The van der Waals surface area contributed by atoms with Crippen molar-refractivity contribution < 1.29 is 4.52 Å². The van der Waals surface area contributed by atoms with Gasteiger partial charge < -0.3 is 4.52 Å². The normalized spacial score (nSPS) is 19.7. The first kappa shape index (κ1) is 19.3. The highest BCUT2D eigenvalue weighted by atomic mass is 16.5. The van der Waals surface area contributed by atoms with Gasteiger partial charge in [0.1, 0.15) is 0 Å². The summed E-state index contributed by atoms with van der Waals surface area (Å²) in [4.78, 5) is 19.2. The lowest BCUT2D eigenvalue weighted by Gasteiger charge is -2.31. The van der Waals surface area contributed by atoms with Gasteiger partial charge in [-0.25, -0.2) is 4.68 Å². The molecule has 0 spiro atoms. The molecule has 2 aromatic rings. The highest BCUT2D eigenvalue weighted by Crippen LogP contribution is 2.35. The lowest BCUT2D eigenvalue weighted by molar-refractivity contribution is 0.158. The van der Waals surface area contributed by atoms with Crippen LogP contribution >= 0.6 is 0 Å². The summed E-state index contributed by atoms with van der Waals surface area (Å²) in [5.74, 6) is 2.59. The van der Waals surface area contributed by atoms with Crippen LogP contribution < -0.4 is 5.56 Å². The van der Waals surface area contributed by atoms with Gasteiger partial charge in [-0.05, 0) is 50.8 Å². The number of likely N-dealkylation sites (tertiary alicyclic amines) is 1. The van der Waals surface area contributed by atoms with E-state index in [1.54, 1.807) is 10.7 Å². The Balaban J connectivity index is 1.31. The lowest BCUT2D eigenvalue weighted by Crippen LogP contribution is -2.37. The molecule has 28 heavy (non-hydrogen) atoms. The summed E-state index contributed by atoms with van der Waals surface area (Å²) < 4.78 is 7.09. The summed E-state index contributed by atoms with van der Waals surface area (Å²) in [6, 6.07) is 3.50. The zero-order valence-corrected chi connectivity index (χ0v) is 17.2. The fourth-order valence-corrected chi connectivity index (χ4v) is 3.90. The Kier molecular flexibility index (Phi) is 5.36. The summed E-state index contributed by atoms with van der Waals surface area (Å²) in [5, 5.41) is 8.78. The molecule has 0 amide bonds. The van der Waals surface area contributed by atoms with Crippen LogP contribution in [0, 0.1) is 5.92 Å². The Morgan fingerprint density at radius 1 is 1.14 bits per heavy atom. The maximum Gasteiger partial charge on any atom is 0.266 e. The zero-order valence-electron chi connectivity index (χ0n) is 17.2. The molecule has 2 aromatic heterocycles. The van der Waals surface area contributed by atoms with E-state index < -0.39 is 0 Å². The van der Waals surface area contributed by atoms with E-state index in [2.05, 4.69) is 40.9 Å². The van der Waals surface area contributed by atoms with Crippen molar-refractivity contribution >= 4 is 0 Å². The number of hydrogen-bond donors (Lipinski definition) is 0. The monoisotopic (exact) mass is 385 g/mol. The van der Waals surface area contributed by atoms with E-state index in [9.17, 15) is 4.79 Å². The highest BCUT2D eigenvalue weighted by molar-refractivity contribution is 5.10. The molecule has 0 radical (unpaired) electrons. The standard InChI is InChI=1S/C21H31N5O2/c1-21(2,3)17-7-8-19(27)26(23-17)13-15-9-11-25(12-10-15)14-18-22-20(28-24-18)16-5-4-6-16/h7-8,15-16H,4-6,9-14H2,1-3H3. The van der Waals surface area contributed by atoms with Gasteiger partial charge in [0.05, 0.1) is 12.2 Å². The largest absolute Gasteiger partial charge is 0.339 e. The van der Waals surface area contributed by atoms with E-state index in [1.165, 1.54) is 19.3 Å². The van der Waals surface area contributed by atoms with Gasteiger partial charge in [0.25, 0.3) is 5.56 Å². The maximum absolute atomic E-state index is 12.2. The van der Waals surface area contributed by atoms with Crippen molar-refractivity contribution in [1.82, 2.24) is 24.8 Å². The van der Waals surface area contributed by atoms with Crippen molar-refractivity contribution in [3.05, 3.63) is 39.9 Å². The van der Waals surface area contributed by atoms with Crippen LogP contribution in [0.5, 0.6) is 0 Å². The third-order valence-electron chi connectivity index (χ3n) is 6.08. The molecule has 0 atom stereocenters. The first-order valence-electron chi connectivity index (χ1n) is 10.5. The Labute approximate surface area is 166 Å². The molecular weight excluding hydrogens is 354 g/mol. The van der Waals surface area contributed by atoms with Crippen molar-refractivity contribution in [2.24, 2.45) is 5.92 Å². The maximum atomic E-state index is 12.2. The summed E-state index contributed by atoms with van der Waals surface area (Å²) in [5.41, 5.74) is 0.900. The van der Waals surface area contributed by atoms with Crippen molar-refractivity contribution in [1.29, 1.82) is 0 Å². The van der Waals surface area contributed by atoms with Gasteiger partial charge in [0, 0.05) is 23.9 Å². The molecule has 0 N–H and O–H groups in total. The van der Waals surface area contributed by atoms with Gasteiger partial charge in [-0.3, -0.25) is 9.69 Å². The van der Waals surface area contributed by atoms with E-state index in [1.807, 2.05) is 6.07 Å². The topological polar surface area (TPSA) is 77.0 Å². The Hall–Kier alpha value is -2.02. The molecule has 1 aliphatic carbocycles. The van der Waals surface area contributed by atoms with Crippen LogP contribution in [0.2, 0.25) is 0 Å². The molecule has 1 saturated carbocycles. The lowest BCUT2D eigenvalue weighted by atomic mass is 9.85. The van der Waals surface area contributed by atoms with E-state index in [0.717, 1.165) is 49.9 Å². The molecule has 0 aromatic carbocycles. The molecule has 1 saturated heterocycles. The highest BCUT2D eigenvalue weighted by Gasteiger charge is 2.27. The first-order valence-corrected chi connectivity index (χ1v) is 10.5. The number of rotatable bonds is 5. The second-order valence-electron chi connectivity index (χ2n) is 9.39. The molecule has 3 heterocycles. The third kappa shape index (κ3) is 4.35. The Bertz CT molecular complexity index is 854. The minimum atomic E-state index is -0.0538. The van der Waals surface area contributed by atoms with Crippen LogP contribution in [0.3, 0.4) is 0 Å². The van der Waals surface area contributed by atoms with Crippen LogP contribution in [-0.2, 0) is 18.5 Å². The summed E-state index contributed by atoms with van der Waals surface area (Å²) in [7, 11) is 0. The molecule has 152 valence electrons. The van der Waals surface area contributed by atoms with E-state index in [0.29, 0.717) is 18.4 Å². The summed E-state index contributed by atoms with van der Waals surface area (Å²) >= 11 is 0. The zero-order chi connectivity index (χ0) is 19.7. The Morgan fingerprint density at radius 3 is 2.54 bits per heavy atom. The molecule has 7 heteroatoms. The van der Waals surface area contributed by atoms with Crippen molar-refractivity contribution in [2.75, 3.05) is 13.1 Å². The van der Waals surface area contributed by atoms with Gasteiger partial charge in [-0.15, -0.1) is 0 Å². The van der Waals surface area contributed by atoms with Gasteiger partial charge in [0.15, 0.2) is 5.82 Å². The number of aromatic nitrogens is 4. The minimum absolute atomic E-state index is 0.00856. The van der Waals surface area contributed by atoms with Crippen molar-refractivity contribution in [3.8, 4) is 0 Å². The molecule has 2 aliphatic rings. The van der Waals surface area contributed by atoms with Crippen LogP contribution in [0.1, 0.15) is 76.2 Å². The van der Waals surface area contributed by atoms with Crippen molar-refractivity contribution in [2.45, 2.75) is 77.3 Å². The first-order chi connectivity index (χ1) is 13.4. The van der Waals surface area contributed by atoms with Crippen LogP contribution in [0.15, 0.2) is 21.5 Å². The van der Waals surface area contributed by atoms with E-state index >= 15 is 0 Å². The number of hydrogen-bond acceptors (Lipinski definition) is 6. The average molecular weight is 386 g/mol. The van der Waals surface area contributed by atoms with Crippen LogP contribution in [0.25, 0.3) is 0 Å². The summed E-state index contributed by atoms with van der Waals surface area (Å²) in [6.07, 6.45) is 5.74. The second kappa shape index (κ2) is 7.78. The van der Waals surface area contributed by atoms with E-state index in [4.69, 9.17) is 4.52 Å². The minimum Gasteiger partial charge on any atom is -0.339 e. The fourth-order valence-electron chi connectivity index (χ4n) is 3.90. The van der Waals surface area contributed by atoms with Gasteiger partial charge in [0.2, 0.25) is 5.89 Å². The van der Waals surface area contributed by atoms with Gasteiger partial charge in [-0.2, -0.15) is 10.1 Å². The number of piperidine rings is 1. The third-order valence-corrected chi connectivity index (χ3v) is 6.08. The molecule has 4 rings (SSSR count). The van der Waals surface area contributed by atoms with Gasteiger partial charge in [-0.1, -0.05) is 32.3 Å². The molecule has 2 fully saturated rings. The van der Waals surface area contributed by atoms with E-state index in [-0.39, 0.29) is 11.0 Å². The molecule has 0 bridgehead atoms. The SMILES string of the molecule is CC(C)(C)c1ccc(=O)n(CC2CCN(Cc3noc(C4CCC4)n3)CC2)n1. The quantitative estimate of drug-likeness (QED) is 0.787. The molecular formula is C21H31N5O2. The fraction of sp³-hybridized carbons (Fsp3) is 0.714.